The maximum absolute atomic E-state index is 14.2. The average molecular weight is 534 g/mol. The topological polar surface area (TPSA) is 111 Å². The molecule has 11 heteroatoms. The summed E-state index contributed by atoms with van der Waals surface area (Å²) in [6, 6.07) is 9.15. The van der Waals surface area contributed by atoms with Crippen LogP contribution in [0.3, 0.4) is 0 Å². The number of carbonyl (C=O) groups excluding carboxylic acids is 1. The first kappa shape index (κ1) is 27.0. The van der Waals surface area contributed by atoms with Gasteiger partial charge in [-0.3, -0.25) is 9.48 Å². The molecule has 0 saturated carbocycles. The molecule has 0 radical (unpaired) electrons. The first-order valence-electron chi connectivity index (χ1n) is 12.2. The van der Waals surface area contributed by atoms with Crippen LogP contribution in [-0.2, 0) is 26.0 Å². The summed E-state index contributed by atoms with van der Waals surface area (Å²) in [6.07, 6.45) is -0.168. The van der Waals surface area contributed by atoms with Gasteiger partial charge >= 0.3 is 5.97 Å². The Morgan fingerprint density at radius 3 is 2.46 bits per heavy atom. The molecule has 1 aromatic heterocycles. The normalized spacial score (nSPS) is 18.7. The van der Waals surface area contributed by atoms with Crippen LogP contribution >= 0.6 is 0 Å². The number of hydrogen-bond donors (Lipinski definition) is 1. The number of aliphatic hydroxyl groups excluding tert-OH is 1. The second-order valence-corrected chi connectivity index (χ2v) is 11.6. The Hall–Kier alpha value is -3.02. The molecule has 4 rings (SSSR count). The summed E-state index contributed by atoms with van der Waals surface area (Å²) < 4.78 is 54.9. The minimum Gasteiger partial charge on any atom is -0.491 e. The van der Waals surface area contributed by atoms with Crippen molar-refractivity contribution >= 4 is 26.9 Å². The molecule has 1 N–H and O–H groups in total. The summed E-state index contributed by atoms with van der Waals surface area (Å²) in [5, 5.41) is 15.2. The average Bonchev–Trinajstić information content (AvgIpc) is 3.40. The Bertz CT molecular complexity index is 1370. The Kier molecular flexibility index (Phi) is 7.86. The number of fused-ring (bicyclic) bond motifs is 1. The van der Waals surface area contributed by atoms with E-state index in [4.69, 9.17) is 9.47 Å². The molecule has 3 aromatic rings. The second kappa shape index (κ2) is 10.8. The van der Waals surface area contributed by atoms with Crippen molar-refractivity contribution in [3.63, 3.8) is 0 Å². The van der Waals surface area contributed by atoms with Gasteiger partial charge in [0.25, 0.3) is 0 Å². The zero-order valence-electron chi connectivity index (χ0n) is 21.3. The fourth-order valence-corrected chi connectivity index (χ4v) is 6.29. The monoisotopic (exact) mass is 533 g/mol. The van der Waals surface area contributed by atoms with Crippen molar-refractivity contribution in [3.8, 4) is 5.75 Å². The molecule has 1 fully saturated rings. The minimum absolute atomic E-state index is 0.0287. The second-order valence-electron chi connectivity index (χ2n) is 9.71. The molecule has 2 heterocycles. The van der Waals surface area contributed by atoms with Crippen molar-refractivity contribution in [2.45, 2.75) is 69.7 Å². The van der Waals surface area contributed by atoms with Crippen molar-refractivity contribution < 1.29 is 32.2 Å². The molecule has 2 aromatic carbocycles. The maximum Gasteiger partial charge on any atom is 0.312 e. The van der Waals surface area contributed by atoms with Crippen LogP contribution in [0.5, 0.6) is 5.75 Å². The Balaban J connectivity index is 1.65. The van der Waals surface area contributed by atoms with Crippen molar-refractivity contribution in [3.05, 3.63) is 54.0 Å². The van der Waals surface area contributed by atoms with Gasteiger partial charge in [0.2, 0.25) is 10.0 Å². The molecule has 0 amide bonds. The van der Waals surface area contributed by atoms with Crippen LogP contribution in [0.1, 0.15) is 45.9 Å². The Labute approximate surface area is 215 Å². The summed E-state index contributed by atoms with van der Waals surface area (Å²) in [4.78, 5) is 12.4. The van der Waals surface area contributed by atoms with Gasteiger partial charge in [0, 0.05) is 11.9 Å². The zero-order chi connectivity index (χ0) is 26.9. The van der Waals surface area contributed by atoms with Crippen LogP contribution < -0.4 is 4.74 Å². The highest BCUT2D eigenvalue weighted by Gasteiger charge is 2.41. The maximum atomic E-state index is 14.2. The van der Waals surface area contributed by atoms with Crippen molar-refractivity contribution in [2.75, 3.05) is 13.2 Å². The van der Waals surface area contributed by atoms with Crippen molar-refractivity contribution in [2.24, 2.45) is 0 Å². The van der Waals surface area contributed by atoms with Crippen LogP contribution in [0.15, 0.2) is 47.4 Å². The summed E-state index contributed by atoms with van der Waals surface area (Å²) in [6.45, 7) is 6.90. The predicted molar refractivity (Wildman–Crippen MR) is 135 cm³/mol. The molecule has 0 unspecified atom stereocenters. The smallest absolute Gasteiger partial charge is 0.312 e. The van der Waals surface area contributed by atoms with Crippen LogP contribution in [0.2, 0.25) is 0 Å². The van der Waals surface area contributed by atoms with E-state index in [0.29, 0.717) is 22.3 Å². The van der Waals surface area contributed by atoms with Gasteiger partial charge in [-0.05, 0) is 76.6 Å². The third-order valence-electron chi connectivity index (χ3n) is 6.13. The quantitative estimate of drug-likeness (QED) is 0.420. The van der Waals surface area contributed by atoms with E-state index in [1.165, 1.54) is 28.6 Å². The zero-order valence-corrected chi connectivity index (χ0v) is 22.1. The first-order chi connectivity index (χ1) is 17.5. The van der Waals surface area contributed by atoms with Crippen LogP contribution in [0.4, 0.5) is 4.39 Å². The number of benzene rings is 2. The fraction of sp³-hybridized carbons (Fsp3) is 0.462. The molecule has 200 valence electrons. The number of carbonyl (C=O) groups is 1. The minimum atomic E-state index is -3.94. The molecule has 1 aliphatic rings. The lowest BCUT2D eigenvalue weighted by atomic mass is 10.1. The molecule has 0 aliphatic carbocycles. The largest absolute Gasteiger partial charge is 0.491 e. The number of ether oxygens (including phenoxy) is 2. The molecule has 37 heavy (non-hydrogen) atoms. The number of halogens is 1. The highest BCUT2D eigenvalue weighted by atomic mass is 32.2. The van der Waals surface area contributed by atoms with E-state index in [1.54, 1.807) is 36.7 Å². The van der Waals surface area contributed by atoms with Crippen LogP contribution in [-0.4, -0.2) is 65.0 Å². The Morgan fingerprint density at radius 1 is 1.14 bits per heavy atom. The number of rotatable bonds is 9. The standard InChI is InChI=1S/C26H32FN3O6S/c1-16(2)35-21-6-8-22(9-7-21)37(33,34)29-14-19(12-20(29)15-31)30-25-11-18(27)5-10-23(25)24(28-30)13-26(32)36-17(3)4/h5-11,16-17,19-20,31H,12-15H2,1-4H3/t19-,20-/m1/s1. The highest BCUT2D eigenvalue weighted by Crippen LogP contribution is 2.35. The van der Waals surface area contributed by atoms with Crippen molar-refractivity contribution in [1.82, 2.24) is 14.1 Å². The number of nitrogens with zero attached hydrogens (tertiary/aromatic N) is 3. The van der Waals surface area contributed by atoms with Gasteiger partial charge in [-0.25, -0.2) is 12.8 Å². The molecular weight excluding hydrogens is 501 g/mol. The number of esters is 1. The van der Waals surface area contributed by atoms with Gasteiger partial charge in [0.05, 0.1) is 53.4 Å². The van der Waals surface area contributed by atoms with Crippen LogP contribution in [0, 0.1) is 5.82 Å². The van der Waals surface area contributed by atoms with Gasteiger partial charge in [-0.2, -0.15) is 9.40 Å². The van der Waals surface area contributed by atoms with Gasteiger partial charge in [-0.1, -0.05) is 0 Å². The number of sulfonamides is 1. The predicted octanol–water partition coefficient (Wildman–Crippen LogP) is 3.45. The molecule has 2 atom stereocenters. The van der Waals surface area contributed by atoms with E-state index < -0.39 is 33.9 Å². The lowest BCUT2D eigenvalue weighted by Gasteiger charge is -2.22. The van der Waals surface area contributed by atoms with E-state index in [-0.39, 0.29) is 43.1 Å². The molecule has 0 bridgehead atoms. The van der Waals surface area contributed by atoms with Crippen LogP contribution in [0.25, 0.3) is 10.9 Å². The molecule has 1 aliphatic heterocycles. The lowest BCUT2D eigenvalue weighted by Crippen LogP contribution is -2.37. The molecule has 9 nitrogen and oxygen atoms in total. The first-order valence-corrected chi connectivity index (χ1v) is 13.7. The number of hydrogen-bond acceptors (Lipinski definition) is 7. The summed E-state index contributed by atoms with van der Waals surface area (Å²) in [5.41, 5.74) is 0.867. The number of aliphatic hydroxyl groups is 1. The lowest BCUT2D eigenvalue weighted by molar-refractivity contribution is -0.146. The molecular formula is C26H32FN3O6S. The number of aromatic nitrogens is 2. The highest BCUT2D eigenvalue weighted by molar-refractivity contribution is 7.89. The molecule has 0 spiro atoms. The van der Waals surface area contributed by atoms with Gasteiger partial charge in [0.1, 0.15) is 11.6 Å². The van der Waals surface area contributed by atoms with Gasteiger partial charge < -0.3 is 14.6 Å². The molecule has 1 saturated heterocycles. The summed E-state index contributed by atoms with van der Waals surface area (Å²) >= 11 is 0. The van der Waals surface area contributed by atoms with Crippen molar-refractivity contribution in [1.29, 1.82) is 0 Å². The van der Waals surface area contributed by atoms with E-state index in [2.05, 4.69) is 5.10 Å². The summed E-state index contributed by atoms with van der Waals surface area (Å²) in [7, 11) is -3.94. The fourth-order valence-electron chi connectivity index (χ4n) is 4.62. The van der Waals surface area contributed by atoms with E-state index in [9.17, 15) is 22.7 Å². The van der Waals surface area contributed by atoms with E-state index >= 15 is 0 Å². The summed E-state index contributed by atoms with van der Waals surface area (Å²) in [5.74, 6) is -0.380. The van der Waals surface area contributed by atoms with E-state index in [1.807, 2.05) is 13.8 Å². The van der Waals surface area contributed by atoms with E-state index in [0.717, 1.165) is 0 Å². The third kappa shape index (κ3) is 5.78. The van der Waals surface area contributed by atoms with Gasteiger partial charge in [-0.15, -0.1) is 0 Å². The SMILES string of the molecule is CC(C)OC(=O)Cc1nn([C@@H]2C[C@H](CO)N(S(=O)(=O)c3ccc(OC(C)C)cc3)C2)c2cc(F)ccc12. The third-order valence-corrected chi connectivity index (χ3v) is 8.06. The Morgan fingerprint density at radius 2 is 1.84 bits per heavy atom. The van der Waals surface area contributed by atoms with Gasteiger partial charge in [0.15, 0.2) is 0 Å².